The van der Waals surface area contributed by atoms with Crippen molar-refractivity contribution in [3.8, 4) is 5.75 Å². The van der Waals surface area contributed by atoms with Gasteiger partial charge in [0, 0.05) is 26.6 Å². The van der Waals surface area contributed by atoms with Gasteiger partial charge in [-0.15, -0.1) is 0 Å². The van der Waals surface area contributed by atoms with E-state index in [1.165, 1.54) is 4.90 Å². The average molecular weight is 452 g/mol. The summed E-state index contributed by atoms with van der Waals surface area (Å²) in [5, 5.41) is 2.63. The molecule has 2 aromatic carbocycles. The molecule has 33 heavy (non-hydrogen) atoms. The van der Waals surface area contributed by atoms with Gasteiger partial charge in [0.25, 0.3) is 11.8 Å². The summed E-state index contributed by atoms with van der Waals surface area (Å²) >= 11 is 0. The highest BCUT2D eigenvalue weighted by Crippen LogP contribution is 2.23. The van der Waals surface area contributed by atoms with Crippen molar-refractivity contribution in [2.45, 2.75) is 38.8 Å². The zero-order chi connectivity index (χ0) is 24.0. The molecule has 0 aliphatic carbocycles. The first-order chi connectivity index (χ1) is 15.9. The number of likely N-dealkylation sites (N-methyl/N-ethyl adjacent to an activating group) is 1. The molecule has 0 spiro atoms. The molecule has 8 heteroatoms. The molecule has 0 radical (unpaired) electrons. The van der Waals surface area contributed by atoms with E-state index >= 15 is 0 Å². The van der Waals surface area contributed by atoms with Crippen LogP contribution in [0.3, 0.4) is 0 Å². The summed E-state index contributed by atoms with van der Waals surface area (Å²) in [4.78, 5) is 53.5. The van der Waals surface area contributed by atoms with Crippen molar-refractivity contribution in [2.24, 2.45) is 0 Å². The normalized spacial score (nSPS) is 13.5. The Labute approximate surface area is 193 Å². The highest BCUT2D eigenvalue weighted by molar-refractivity contribution is 6.21. The summed E-state index contributed by atoms with van der Waals surface area (Å²) in [6.07, 6.45) is 0.863. The number of carbonyl (C=O) groups excluding carboxylic acids is 4. The van der Waals surface area contributed by atoms with Gasteiger partial charge in [-0.1, -0.05) is 31.2 Å². The summed E-state index contributed by atoms with van der Waals surface area (Å²) in [6, 6.07) is 13.4. The van der Waals surface area contributed by atoms with Crippen LogP contribution in [-0.2, 0) is 16.1 Å². The average Bonchev–Trinajstić information content (AvgIpc) is 3.08. The third-order valence-electron chi connectivity index (χ3n) is 5.77. The van der Waals surface area contributed by atoms with E-state index in [1.54, 1.807) is 43.3 Å². The summed E-state index contributed by atoms with van der Waals surface area (Å²) in [5.41, 5.74) is 1.61. The Balaban J connectivity index is 1.70. The Kier molecular flexibility index (Phi) is 7.82. The minimum atomic E-state index is -0.631. The fourth-order valence-electron chi connectivity index (χ4n) is 4.03. The van der Waals surface area contributed by atoms with Crippen LogP contribution in [0.2, 0.25) is 0 Å². The lowest BCUT2D eigenvalue weighted by atomic mass is 10.1. The Bertz CT molecular complexity index is 1020. The minimum absolute atomic E-state index is 0.102. The monoisotopic (exact) mass is 451 g/mol. The van der Waals surface area contributed by atoms with Crippen LogP contribution < -0.4 is 10.1 Å². The highest BCUT2D eigenvalue weighted by atomic mass is 16.5. The molecule has 0 fully saturated rings. The van der Waals surface area contributed by atoms with Gasteiger partial charge >= 0.3 is 0 Å². The van der Waals surface area contributed by atoms with E-state index in [-0.39, 0.29) is 43.1 Å². The largest absolute Gasteiger partial charge is 0.497 e. The van der Waals surface area contributed by atoms with Crippen LogP contribution in [0.25, 0.3) is 0 Å². The summed E-state index contributed by atoms with van der Waals surface area (Å²) < 4.78 is 5.27. The molecular formula is C25H29N3O5. The van der Waals surface area contributed by atoms with Crippen molar-refractivity contribution in [3.63, 3.8) is 0 Å². The minimum Gasteiger partial charge on any atom is -0.497 e. The fourth-order valence-corrected chi connectivity index (χ4v) is 4.03. The van der Waals surface area contributed by atoms with Gasteiger partial charge in [0.2, 0.25) is 11.8 Å². The molecule has 0 saturated heterocycles. The molecule has 1 aliphatic rings. The second-order valence-electron chi connectivity index (χ2n) is 7.82. The van der Waals surface area contributed by atoms with Crippen LogP contribution in [-0.4, -0.2) is 60.2 Å². The van der Waals surface area contributed by atoms with Gasteiger partial charge < -0.3 is 15.0 Å². The number of nitrogens with zero attached hydrogens (tertiary/aromatic N) is 2. The molecule has 174 valence electrons. The number of methoxy groups -OCH3 is 1. The molecule has 1 aliphatic heterocycles. The van der Waals surface area contributed by atoms with Gasteiger partial charge in [0.1, 0.15) is 11.8 Å². The number of amides is 4. The first kappa shape index (κ1) is 24.0. The van der Waals surface area contributed by atoms with E-state index in [1.807, 2.05) is 31.2 Å². The van der Waals surface area contributed by atoms with E-state index < -0.39 is 6.04 Å². The molecule has 1 heterocycles. The van der Waals surface area contributed by atoms with E-state index in [2.05, 4.69) is 5.32 Å². The van der Waals surface area contributed by atoms with Crippen molar-refractivity contribution in [1.82, 2.24) is 15.1 Å². The van der Waals surface area contributed by atoms with Crippen molar-refractivity contribution in [3.05, 3.63) is 65.2 Å². The van der Waals surface area contributed by atoms with E-state index in [0.717, 1.165) is 5.56 Å². The van der Waals surface area contributed by atoms with Crippen LogP contribution in [0.4, 0.5) is 0 Å². The molecule has 1 atom stereocenters. The van der Waals surface area contributed by atoms with Crippen LogP contribution >= 0.6 is 0 Å². The van der Waals surface area contributed by atoms with Crippen molar-refractivity contribution in [1.29, 1.82) is 0 Å². The quantitative estimate of drug-likeness (QED) is 0.560. The second-order valence-corrected chi connectivity index (χ2v) is 7.82. The molecule has 0 bridgehead atoms. The predicted molar refractivity (Wildman–Crippen MR) is 123 cm³/mol. The number of hydrogen-bond acceptors (Lipinski definition) is 5. The molecule has 0 aromatic heterocycles. The summed E-state index contributed by atoms with van der Waals surface area (Å²) in [6.45, 7) is 2.24. The van der Waals surface area contributed by atoms with Crippen molar-refractivity contribution in [2.75, 3.05) is 20.7 Å². The van der Waals surface area contributed by atoms with Crippen LogP contribution in [0.15, 0.2) is 48.5 Å². The third kappa shape index (κ3) is 5.22. The molecule has 1 unspecified atom stereocenters. The number of carbonyl (C=O) groups is 4. The van der Waals surface area contributed by atoms with Gasteiger partial charge in [-0.05, 0) is 42.7 Å². The summed E-state index contributed by atoms with van der Waals surface area (Å²) in [7, 11) is 3.11. The van der Waals surface area contributed by atoms with E-state index in [4.69, 9.17) is 4.74 Å². The standard InChI is InChI=1S/C25H29N3O5/c1-4-21(23(30)26-2)28(16-17-9-7-10-18(15-17)33-3)22(29)13-8-14-27-24(31)19-11-5-6-12-20(19)25(27)32/h5-7,9-12,15,21H,4,8,13-14,16H2,1-3H3,(H,26,30). The Morgan fingerprint density at radius 1 is 1.06 bits per heavy atom. The molecule has 2 aromatic rings. The zero-order valence-electron chi connectivity index (χ0n) is 19.2. The van der Waals surface area contributed by atoms with Gasteiger partial charge in [0.15, 0.2) is 0 Å². The molecule has 4 amide bonds. The molecule has 0 saturated carbocycles. The lowest BCUT2D eigenvalue weighted by Gasteiger charge is -2.30. The van der Waals surface area contributed by atoms with Crippen molar-refractivity contribution >= 4 is 23.6 Å². The maximum Gasteiger partial charge on any atom is 0.261 e. The summed E-state index contributed by atoms with van der Waals surface area (Å²) in [5.74, 6) is -0.473. The molecule has 3 rings (SSSR count). The Morgan fingerprint density at radius 2 is 1.73 bits per heavy atom. The lowest BCUT2D eigenvalue weighted by molar-refractivity contribution is -0.141. The number of hydrogen-bond donors (Lipinski definition) is 1. The maximum atomic E-state index is 13.2. The number of imide groups is 1. The number of benzene rings is 2. The first-order valence-corrected chi connectivity index (χ1v) is 11.0. The van der Waals surface area contributed by atoms with Gasteiger partial charge in [-0.2, -0.15) is 0 Å². The fraction of sp³-hybridized carbons (Fsp3) is 0.360. The predicted octanol–water partition coefficient (Wildman–Crippen LogP) is 2.62. The number of rotatable bonds is 10. The van der Waals surface area contributed by atoms with Crippen LogP contribution in [0.5, 0.6) is 5.75 Å². The van der Waals surface area contributed by atoms with Gasteiger partial charge in [0.05, 0.1) is 18.2 Å². The van der Waals surface area contributed by atoms with Crippen molar-refractivity contribution < 1.29 is 23.9 Å². The maximum absolute atomic E-state index is 13.2. The molecular weight excluding hydrogens is 422 g/mol. The lowest BCUT2D eigenvalue weighted by Crippen LogP contribution is -2.48. The van der Waals surface area contributed by atoms with Crippen LogP contribution in [0, 0.1) is 0 Å². The van der Waals surface area contributed by atoms with Gasteiger partial charge in [-0.25, -0.2) is 0 Å². The Morgan fingerprint density at radius 3 is 2.30 bits per heavy atom. The topological polar surface area (TPSA) is 96.0 Å². The SMILES string of the molecule is CCC(C(=O)NC)N(Cc1cccc(OC)c1)C(=O)CCCN1C(=O)c2ccccc2C1=O. The number of nitrogens with one attached hydrogen (secondary N) is 1. The zero-order valence-corrected chi connectivity index (χ0v) is 19.2. The van der Waals surface area contributed by atoms with E-state index in [9.17, 15) is 19.2 Å². The van der Waals surface area contributed by atoms with Crippen LogP contribution in [0.1, 0.15) is 52.5 Å². The highest BCUT2D eigenvalue weighted by Gasteiger charge is 2.35. The first-order valence-electron chi connectivity index (χ1n) is 11.0. The second kappa shape index (κ2) is 10.8. The molecule has 8 nitrogen and oxygen atoms in total. The Hall–Kier alpha value is -3.68. The number of fused-ring (bicyclic) bond motifs is 1. The van der Waals surface area contributed by atoms with E-state index in [0.29, 0.717) is 29.7 Å². The third-order valence-corrected chi connectivity index (χ3v) is 5.77. The number of ether oxygens (including phenoxy) is 1. The molecule has 1 N–H and O–H groups in total. The van der Waals surface area contributed by atoms with Gasteiger partial charge in [-0.3, -0.25) is 24.1 Å². The smallest absolute Gasteiger partial charge is 0.261 e.